The van der Waals surface area contributed by atoms with Crippen molar-refractivity contribution in [3.8, 4) is 0 Å². The second-order valence-corrected chi connectivity index (χ2v) is 30.7. The molecule has 0 aromatic carbocycles. The smallest absolute Gasteiger partial charge is 0.378 e. The van der Waals surface area contributed by atoms with Crippen molar-refractivity contribution in [2.75, 3.05) is 102 Å². The molecule has 0 aromatic heterocycles. The molecule has 0 aromatic rings. The fourth-order valence-electron chi connectivity index (χ4n) is 16.4. The first-order valence-corrected chi connectivity index (χ1v) is 37.2. The maximum Gasteiger partial charge on any atom is 0.391 e. The lowest BCUT2D eigenvalue weighted by atomic mass is 9.79. The van der Waals surface area contributed by atoms with Gasteiger partial charge in [0.15, 0.2) is 0 Å². The Morgan fingerprint density at radius 3 is 1.76 bits per heavy atom. The van der Waals surface area contributed by atoms with Gasteiger partial charge in [0.25, 0.3) is 0 Å². The van der Waals surface area contributed by atoms with Gasteiger partial charge in [-0.15, -0.1) is 0 Å². The van der Waals surface area contributed by atoms with Gasteiger partial charge in [-0.25, -0.2) is 0 Å². The monoisotopic (exact) mass is 1410 g/mol. The molecule has 7 aliphatic rings. The van der Waals surface area contributed by atoms with Crippen LogP contribution in [0.25, 0.3) is 0 Å². The van der Waals surface area contributed by atoms with E-state index >= 15 is 28.8 Å². The summed E-state index contributed by atoms with van der Waals surface area (Å²) in [6, 6.07) is -8.52. The number of rotatable bonds is 11. The van der Waals surface area contributed by atoms with E-state index in [0.717, 1.165) is 61.2 Å². The highest BCUT2D eigenvalue weighted by Gasteiger charge is 2.52. The fourth-order valence-corrected chi connectivity index (χ4v) is 16.4. The number of ether oxygens (including phenoxy) is 1. The first kappa shape index (κ1) is 80.7. The van der Waals surface area contributed by atoms with Crippen molar-refractivity contribution in [1.29, 1.82) is 0 Å². The zero-order chi connectivity index (χ0) is 73.5. The number of hydrogen-bond acceptors (Lipinski definition) is 13. The van der Waals surface area contributed by atoms with Crippen LogP contribution < -0.4 is 16.0 Å². The van der Waals surface area contributed by atoms with Gasteiger partial charge in [0, 0.05) is 69.0 Å². The molecule has 7 rings (SSSR count). The Bertz CT molecular complexity index is 2870. The summed E-state index contributed by atoms with van der Waals surface area (Å²) >= 11 is 0. The summed E-state index contributed by atoms with van der Waals surface area (Å²) in [7, 11) is 10.1. The molecule has 100 heavy (non-hydrogen) atoms. The fraction of sp³-hybridized carbons (Fsp3) is 0.833. The first-order chi connectivity index (χ1) is 47.3. The Morgan fingerprint density at radius 2 is 1.16 bits per heavy atom. The van der Waals surface area contributed by atoms with Gasteiger partial charge in [0.2, 0.25) is 70.9 Å². The Morgan fingerprint density at radius 1 is 0.570 bits per heavy atom. The molecule has 4 aliphatic carbocycles. The molecule has 3 N–H and O–H groups in total. The molecule has 28 heteroatoms. The zero-order valence-electron chi connectivity index (χ0n) is 61.5. The number of carbonyl (C=O) groups excluding carboxylic acids is 12. The van der Waals surface area contributed by atoms with Crippen molar-refractivity contribution in [2.45, 2.75) is 249 Å². The van der Waals surface area contributed by atoms with Gasteiger partial charge < -0.3 is 64.8 Å². The Labute approximate surface area is 590 Å². The normalized spacial score (nSPS) is 29.4. The van der Waals surface area contributed by atoms with Crippen LogP contribution in [0.3, 0.4) is 0 Å². The lowest BCUT2D eigenvalue weighted by Gasteiger charge is -2.43. The Balaban J connectivity index is 1.27. The number of halogens is 3. The third-order valence-electron chi connectivity index (χ3n) is 23.1. The van der Waals surface area contributed by atoms with E-state index in [1.54, 1.807) is 6.92 Å². The molecule has 3 aliphatic heterocycles. The van der Waals surface area contributed by atoms with Crippen LogP contribution in [0.1, 0.15) is 195 Å². The summed E-state index contributed by atoms with van der Waals surface area (Å²) in [5.41, 5.74) is -1.55. The first-order valence-electron chi connectivity index (χ1n) is 37.2. The van der Waals surface area contributed by atoms with E-state index in [1.807, 2.05) is 20.8 Å². The molecule has 4 saturated carbocycles. The average molecular weight is 1420 g/mol. The molecule has 0 unspecified atom stereocenters. The van der Waals surface area contributed by atoms with Crippen LogP contribution in [-0.4, -0.2) is 271 Å². The predicted molar refractivity (Wildman–Crippen MR) is 367 cm³/mol. The molecule has 1 spiro atoms. The molecule has 3 saturated heterocycles. The highest BCUT2D eigenvalue weighted by atomic mass is 19.4. The molecule has 25 nitrogen and oxygen atoms in total. The Hall–Kier alpha value is -6.61. The van der Waals surface area contributed by atoms with E-state index in [-0.39, 0.29) is 121 Å². The molecule has 8 atom stereocenters. The van der Waals surface area contributed by atoms with Gasteiger partial charge in [-0.3, -0.25) is 57.5 Å². The number of morpholine rings is 1. The van der Waals surface area contributed by atoms with Crippen molar-refractivity contribution >= 4 is 70.9 Å². The lowest BCUT2D eigenvalue weighted by Crippen LogP contribution is -2.65. The number of likely N-dealkylation sites (N-methyl/N-ethyl adjacent to an activating group) is 7. The maximum atomic E-state index is 15.8. The molecule has 0 radical (unpaired) electrons. The zero-order valence-corrected chi connectivity index (χ0v) is 61.5. The molecular weight excluding hydrogens is 1300 g/mol. The minimum absolute atomic E-state index is 0.00181. The summed E-state index contributed by atoms with van der Waals surface area (Å²) < 4.78 is 47.2. The highest BCUT2D eigenvalue weighted by molar-refractivity contribution is 6.00. The summed E-state index contributed by atoms with van der Waals surface area (Å²) in [5, 5.41) is 8.87. The van der Waals surface area contributed by atoms with Crippen molar-refractivity contribution in [3.63, 3.8) is 0 Å². The number of fused-ring (bicyclic) bond motifs is 1. The average Bonchev–Trinajstić information content (AvgIpc) is 1.36. The van der Waals surface area contributed by atoms with Crippen molar-refractivity contribution in [2.24, 2.45) is 35.5 Å². The Kier molecular flexibility index (Phi) is 29.5. The van der Waals surface area contributed by atoms with Crippen molar-refractivity contribution in [3.05, 3.63) is 0 Å². The molecule has 0 bridgehead atoms. The second-order valence-electron chi connectivity index (χ2n) is 30.7. The number of alkyl halides is 3. The van der Waals surface area contributed by atoms with Gasteiger partial charge in [-0.2, -0.15) is 13.2 Å². The van der Waals surface area contributed by atoms with E-state index in [4.69, 9.17) is 4.74 Å². The van der Waals surface area contributed by atoms with Crippen LogP contribution in [0.2, 0.25) is 0 Å². The van der Waals surface area contributed by atoms with Crippen molar-refractivity contribution < 1.29 is 75.4 Å². The van der Waals surface area contributed by atoms with Crippen LogP contribution in [0.4, 0.5) is 13.2 Å². The largest absolute Gasteiger partial charge is 0.391 e. The van der Waals surface area contributed by atoms with Crippen LogP contribution in [0.15, 0.2) is 0 Å². The molecule has 7 fully saturated rings. The predicted octanol–water partition coefficient (Wildman–Crippen LogP) is 5.11. The number of nitrogens with one attached hydrogen (secondary N) is 3. The quantitative estimate of drug-likeness (QED) is 0.243. The summed E-state index contributed by atoms with van der Waals surface area (Å²) in [5.74, 6) is -10.1. The standard InChI is InChI=1S/C72H117F3N12O13/c1-12-47(4)61-68(97)81(7)44-59(90)79(5)45-60(91)83(9)55(41-49-22-15-13-16-23-49)66(95)80(6)43-57(88)76-52(32-29-48-27-30-51(31-28-48)72(73,74)75)65(94)87-35-21-26-53(87)64(93)78-71(33-19-20-34-71)70(99)85(11)62(50-24-17-14-18-25-50)69(98)84(10)56(67(96)86-36-38-100-39-37-86)42-58(89)82(8)54(40-46(2)3)63(92)77-61/h46-56,61-62H,12-45H2,1-11H3,(H,76,88)(H,77,92)(H,78,93)/t47-,48?,51?,52-,53-,54-,55-,56-,61-,62-/m0/s1. The van der Waals surface area contributed by atoms with Gasteiger partial charge in [-0.05, 0) is 119 Å². The molecule has 3 heterocycles. The summed E-state index contributed by atoms with van der Waals surface area (Å²) in [6.45, 7) is 6.57. The van der Waals surface area contributed by atoms with Crippen LogP contribution in [0, 0.1) is 35.5 Å². The third kappa shape index (κ3) is 20.6. The van der Waals surface area contributed by atoms with Crippen molar-refractivity contribution in [1.82, 2.24) is 60.0 Å². The summed E-state index contributed by atoms with van der Waals surface area (Å²) in [4.78, 5) is 191. The number of nitrogens with zero attached hydrogens (tertiary/aromatic N) is 9. The van der Waals surface area contributed by atoms with E-state index in [0.29, 0.717) is 38.5 Å². The van der Waals surface area contributed by atoms with Crippen LogP contribution >= 0.6 is 0 Å². The topological polar surface area (TPSA) is 279 Å². The number of carbonyl (C=O) groups is 12. The maximum absolute atomic E-state index is 15.8. The van der Waals surface area contributed by atoms with E-state index < -0.39 is 169 Å². The SMILES string of the molecule is CC[C@H](C)[C@@H]1NC(=O)[C@H](CC(C)C)N(C)C(=O)C[C@@H](C(=O)N2CCOCC2)N(C)C(=O)[C@H](C2CCCCC2)N(C)C(=O)C2(CCCC2)NC(=O)[C@@H]2CCCN2C(=O)[C@H](CCC2CCC(C(F)(F)F)CC2)NC(=O)CN(C)C(=O)[C@H](CC2CCCCC2)N(C)C(=O)CN(C)C(=O)CN(C)C1=O. The van der Waals surface area contributed by atoms with E-state index in [1.165, 1.54) is 83.6 Å². The van der Waals surface area contributed by atoms with E-state index in [9.17, 15) is 41.9 Å². The number of amides is 12. The second kappa shape index (κ2) is 36.5. The number of hydrogen-bond donors (Lipinski definition) is 3. The third-order valence-corrected chi connectivity index (χ3v) is 23.1. The van der Waals surface area contributed by atoms with Gasteiger partial charge in [-0.1, -0.05) is 98.3 Å². The van der Waals surface area contributed by atoms with Gasteiger partial charge in [0.1, 0.15) is 47.8 Å². The molecule has 12 amide bonds. The van der Waals surface area contributed by atoms with E-state index in [2.05, 4.69) is 16.0 Å². The minimum atomic E-state index is -4.35. The lowest BCUT2D eigenvalue weighted by molar-refractivity contribution is -0.184. The van der Waals surface area contributed by atoms with Gasteiger partial charge >= 0.3 is 6.18 Å². The van der Waals surface area contributed by atoms with Gasteiger partial charge in [0.05, 0.1) is 45.2 Å². The van der Waals surface area contributed by atoms with Crippen LogP contribution in [0.5, 0.6) is 0 Å². The van der Waals surface area contributed by atoms with Crippen LogP contribution in [-0.2, 0) is 62.3 Å². The molecule has 564 valence electrons. The minimum Gasteiger partial charge on any atom is -0.378 e. The summed E-state index contributed by atoms with van der Waals surface area (Å²) in [6.07, 6.45) is 6.39. The highest BCUT2D eigenvalue weighted by Crippen LogP contribution is 2.42. The molecular formula is C72H117F3N12O13.